The van der Waals surface area contributed by atoms with Gasteiger partial charge < -0.3 is 35.3 Å². The van der Waals surface area contributed by atoms with E-state index in [0.717, 1.165) is 9.80 Å². The quantitative estimate of drug-likeness (QED) is 0.0790. The fourth-order valence-corrected chi connectivity index (χ4v) is 12.5. The van der Waals surface area contributed by atoms with Gasteiger partial charge in [-0.15, -0.1) is 0 Å². The topological polar surface area (TPSA) is 193 Å². The number of piperidine rings is 3. The summed E-state index contributed by atoms with van der Waals surface area (Å²) in [6.07, 6.45) is 0.385. The number of aromatic hydroxyl groups is 1. The van der Waals surface area contributed by atoms with Crippen LogP contribution < -0.4 is 16.0 Å². The van der Waals surface area contributed by atoms with Crippen molar-refractivity contribution in [3.8, 4) is 5.75 Å². The first-order chi connectivity index (χ1) is 31.6. The number of nitrogens with one attached hydrogen (secondary N) is 3. The van der Waals surface area contributed by atoms with Crippen molar-refractivity contribution in [1.29, 1.82) is 0 Å². The third-order valence-corrected chi connectivity index (χ3v) is 14.3. The predicted molar refractivity (Wildman–Crippen MR) is 270 cm³/mol. The number of barbiturate groups is 1. The number of rotatable bonds is 14. The lowest BCUT2D eigenvalue weighted by Gasteiger charge is -2.46. The van der Waals surface area contributed by atoms with Crippen molar-refractivity contribution in [3.63, 3.8) is 0 Å². The highest BCUT2D eigenvalue weighted by molar-refractivity contribution is 6.19. The highest BCUT2D eigenvalue weighted by Crippen LogP contribution is 2.44. The lowest BCUT2D eigenvalue weighted by atomic mass is 9.71. The number of hydrogen-bond donors (Lipinski definition) is 4. The second-order valence-corrected chi connectivity index (χ2v) is 27.2. The normalized spacial score (nSPS) is 23.5. The van der Waals surface area contributed by atoms with E-state index in [1.165, 1.54) is 0 Å². The third-order valence-electron chi connectivity index (χ3n) is 14.3. The number of ether oxygens (including phenoxy) is 3. The first-order valence-electron chi connectivity index (χ1n) is 25.6. The van der Waals surface area contributed by atoms with Crippen LogP contribution in [0.3, 0.4) is 0 Å². The lowest BCUT2D eigenvalue weighted by Crippen LogP contribution is -2.66. The van der Waals surface area contributed by atoms with E-state index in [1.54, 1.807) is 12.1 Å². The van der Waals surface area contributed by atoms with Gasteiger partial charge in [-0.05, 0) is 123 Å². The minimum absolute atomic E-state index is 0.104. The molecular formula is C55H89N5O10. The van der Waals surface area contributed by atoms with E-state index in [2.05, 4.69) is 16.0 Å². The van der Waals surface area contributed by atoms with Gasteiger partial charge in [-0.1, -0.05) is 53.7 Å². The summed E-state index contributed by atoms with van der Waals surface area (Å²) in [5, 5.41) is 22.5. The number of hydrogen-bond acceptors (Lipinski definition) is 13. The summed E-state index contributed by atoms with van der Waals surface area (Å²) < 4.78 is 18.2. The molecule has 70 heavy (non-hydrogen) atoms. The standard InChI is InChI=1S/C55H89N5O10/c1-47(2,3)38-25-34(26-39(43(38)64)48(4,5)6)27-55(22-19-40(61)68-35-28-49(7,8)56-50(9,10)29-35)44(65)59(23-20-41(62)69-36-30-51(11,12)57-52(13,14)31-36)46(67)60(45(55)66)24-21-42(63)70-37-32-53(15,16)58-54(17,18)33-37/h25-26,35-37,56-58,64H,19-24,27-33H2,1-18H3. The van der Waals surface area contributed by atoms with Crippen molar-refractivity contribution in [2.75, 3.05) is 13.1 Å². The van der Waals surface area contributed by atoms with Crippen molar-refractivity contribution < 1.29 is 48.1 Å². The van der Waals surface area contributed by atoms with E-state index in [0.29, 0.717) is 55.2 Å². The maximum atomic E-state index is 15.5. The monoisotopic (exact) mass is 980 g/mol. The van der Waals surface area contributed by atoms with E-state index < -0.39 is 83.4 Å². The SMILES string of the molecule is CC1(C)CC(OC(=O)CCN2C(=O)N(CCC(=O)OC3CC(C)(C)NC(C)(C)C3)C(=O)C(CCC(=O)OC3CC(C)(C)NC(C)(C)C3)(Cc3cc(C(C)(C)C)c(O)c(C(C)(C)C)c3)C2=O)CC(C)(C)N1. The Kier molecular flexibility index (Phi) is 16.0. The highest BCUT2D eigenvalue weighted by atomic mass is 16.6. The molecule has 0 bridgehead atoms. The molecule has 15 heteroatoms. The fourth-order valence-electron chi connectivity index (χ4n) is 12.5. The number of phenolic OH excluding ortho intramolecular Hbond substituents is 1. The maximum absolute atomic E-state index is 15.5. The molecule has 4 saturated heterocycles. The Morgan fingerprint density at radius 2 is 0.829 bits per heavy atom. The van der Waals surface area contributed by atoms with Gasteiger partial charge in [0.15, 0.2) is 0 Å². The number of imide groups is 2. The second-order valence-electron chi connectivity index (χ2n) is 27.2. The molecule has 0 aromatic heterocycles. The molecule has 0 spiro atoms. The molecule has 0 atom stereocenters. The number of urea groups is 1. The smallest absolute Gasteiger partial charge is 0.333 e. The average Bonchev–Trinajstić information content (AvgIpc) is 3.11. The number of benzene rings is 1. The van der Waals surface area contributed by atoms with Crippen LogP contribution >= 0.6 is 0 Å². The zero-order chi connectivity index (χ0) is 53.0. The van der Waals surface area contributed by atoms with Crippen LogP contribution in [0, 0.1) is 5.41 Å². The summed E-state index contributed by atoms with van der Waals surface area (Å²) in [6.45, 7) is 35.5. The summed E-state index contributed by atoms with van der Waals surface area (Å²) in [7, 11) is 0. The Bertz CT molecular complexity index is 2020. The molecule has 0 unspecified atom stereocenters. The van der Waals surface area contributed by atoms with Gasteiger partial charge in [-0.25, -0.2) is 4.79 Å². The molecule has 15 nitrogen and oxygen atoms in total. The number of nitrogens with zero attached hydrogens (tertiary/aromatic N) is 2. The molecule has 4 heterocycles. The molecule has 4 fully saturated rings. The second kappa shape index (κ2) is 19.7. The van der Waals surface area contributed by atoms with Crippen LogP contribution in [0.1, 0.15) is 206 Å². The minimum atomic E-state index is -2.08. The number of esters is 3. The van der Waals surface area contributed by atoms with Crippen LogP contribution in [0.4, 0.5) is 4.79 Å². The van der Waals surface area contributed by atoms with Gasteiger partial charge >= 0.3 is 23.9 Å². The molecule has 0 radical (unpaired) electrons. The number of phenols is 1. The van der Waals surface area contributed by atoms with Crippen LogP contribution in [-0.4, -0.2) is 115 Å². The molecular weight excluding hydrogens is 891 g/mol. The van der Waals surface area contributed by atoms with Crippen LogP contribution in [0.2, 0.25) is 0 Å². The third kappa shape index (κ3) is 14.3. The highest BCUT2D eigenvalue weighted by Gasteiger charge is 2.58. The van der Waals surface area contributed by atoms with Crippen LogP contribution in [0.5, 0.6) is 5.75 Å². The van der Waals surface area contributed by atoms with Crippen LogP contribution in [-0.2, 0) is 55.4 Å². The Hall–Kier alpha value is -4.08. The van der Waals surface area contributed by atoms with Gasteiger partial charge in [0, 0.05) is 91.3 Å². The van der Waals surface area contributed by atoms with Gasteiger partial charge in [0.1, 0.15) is 29.5 Å². The van der Waals surface area contributed by atoms with Gasteiger partial charge in [-0.3, -0.25) is 33.8 Å². The Morgan fingerprint density at radius 1 is 0.543 bits per heavy atom. The molecule has 4 N–H and O–H groups in total. The van der Waals surface area contributed by atoms with E-state index in [-0.39, 0.29) is 71.1 Å². The first-order valence-corrected chi connectivity index (χ1v) is 25.6. The Labute approximate surface area is 419 Å². The number of amides is 4. The summed E-state index contributed by atoms with van der Waals surface area (Å²) in [4.78, 5) is 89.2. The van der Waals surface area contributed by atoms with Crippen molar-refractivity contribution in [1.82, 2.24) is 25.8 Å². The molecule has 1 aromatic rings. The van der Waals surface area contributed by atoms with E-state index in [4.69, 9.17) is 14.2 Å². The first kappa shape index (κ1) is 56.8. The van der Waals surface area contributed by atoms with E-state index >= 15 is 9.59 Å². The minimum Gasteiger partial charge on any atom is -0.507 e. The number of carbonyl (C=O) groups is 6. The van der Waals surface area contributed by atoms with Crippen LogP contribution in [0.25, 0.3) is 0 Å². The van der Waals surface area contributed by atoms with Gasteiger partial charge in [0.25, 0.3) is 0 Å². The van der Waals surface area contributed by atoms with Gasteiger partial charge in [0.05, 0.1) is 12.8 Å². The molecule has 5 rings (SSSR count). The van der Waals surface area contributed by atoms with Gasteiger partial charge in [-0.2, -0.15) is 0 Å². The maximum Gasteiger partial charge on any atom is 0.333 e. The van der Waals surface area contributed by atoms with Crippen molar-refractivity contribution in [2.45, 2.75) is 258 Å². The summed E-state index contributed by atoms with van der Waals surface area (Å²) >= 11 is 0. The molecule has 0 saturated carbocycles. The van der Waals surface area contributed by atoms with Crippen molar-refractivity contribution >= 4 is 35.8 Å². The molecule has 4 aliphatic rings. The Balaban J connectivity index is 1.56. The molecule has 0 aliphatic carbocycles. The van der Waals surface area contributed by atoms with Gasteiger partial charge in [0.2, 0.25) is 11.8 Å². The lowest BCUT2D eigenvalue weighted by molar-refractivity contribution is -0.162. The summed E-state index contributed by atoms with van der Waals surface area (Å²) in [6, 6.07) is 2.60. The summed E-state index contributed by atoms with van der Waals surface area (Å²) in [5.41, 5.74) is -3.42. The summed E-state index contributed by atoms with van der Waals surface area (Å²) in [5.74, 6) is -3.44. The number of carbonyl (C=O) groups excluding carboxylic acids is 6. The van der Waals surface area contributed by atoms with E-state index in [9.17, 15) is 24.3 Å². The molecule has 4 amide bonds. The van der Waals surface area contributed by atoms with Crippen molar-refractivity contribution in [3.05, 3.63) is 28.8 Å². The zero-order valence-electron chi connectivity index (χ0n) is 46.1. The van der Waals surface area contributed by atoms with E-state index in [1.807, 2.05) is 125 Å². The Morgan fingerprint density at radius 3 is 1.11 bits per heavy atom. The largest absolute Gasteiger partial charge is 0.507 e. The predicted octanol–water partition coefficient (Wildman–Crippen LogP) is 8.42. The molecule has 1 aromatic carbocycles. The average molecular weight is 980 g/mol. The van der Waals surface area contributed by atoms with Crippen LogP contribution in [0.15, 0.2) is 12.1 Å². The molecule has 394 valence electrons. The zero-order valence-corrected chi connectivity index (χ0v) is 46.1. The molecule has 4 aliphatic heterocycles. The fraction of sp³-hybridized carbons (Fsp3) is 0.782. The van der Waals surface area contributed by atoms with Crippen molar-refractivity contribution in [2.24, 2.45) is 5.41 Å².